The number of tetrazole rings is 1. The number of benzene rings is 1. The van der Waals surface area contributed by atoms with Gasteiger partial charge >= 0.3 is 6.03 Å². The number of carbonyl (C=O) groups excluding carboxylic acids is 2. The number of imide groups is 1. The first-order valence-electron chi connectivity index (χ1n) is 9.36. The van der Waals surface area contributed by atoms with Crippen LogP contribution in [0, 0.1) is 0 Å². The normalized spacial score (nSPS) is 19.8. The van der Waals surface area contributed by atoms with Gasteiger partial charge in [0.25, 0.3) is 5.91 Å². The summed E-state index contributed by atoms with van der Waals surface area (Å²) in [6.45, 7) is 8.76. The molecule has 0 bridgehead atoms. The van der Waals surface area contributed by atoms with Crippen molar-refractivity contribution in [2.24, 2.45) is 0 Å². The van der Waals surface area contributed by atoms with Gasteiger partial charge in [0, 0.05) is 6.54 Å². The van der Waals surface area contributed by atoms with Crippen LogP contribution >= 0.6 is 0 Å². The molecule has 1 aromatic carbocycles. The number of nitrogens with one attached hydrogen (secondary N) is 1. The number of urea groups is 1. The summed E-state index contributed by atoms with van der Waals surface area (Å²) in [7, 11) is 0. The molecule has 1 aliphatic rings. The molecule has 3 rings (SSSR count). The second-order valence-corrected chi connectivity index (χ2v) is 7.39. The molecule has 1 N–H and O–H groups in total. The standard InChI is InChI=1S/C19H26N6O2/c1-5-6-11-25-16(21-22-23-25)12-24-17(26)19(4,20-18(24)27)15-9-7-14(8-10-15)13(2)3/h7-10,13H,5-6,11-12H2,1-4H3,(H,20,27). The molecule has 3 amide bonds. The third-order valence-electron chi connectivity index (χ3n) is 5.06. The van der Waals surface area contributed by atoms with Crippen molar-refractivity contribution < 1.29 is 9.59 Å². The summed E-state index contributed by atoms with van der Waals surface area (Å²) >= 11 is 0. The SMILES string of the molecule is CCCCn1nnnc1CN1C(=O)NC(C)(c2ccc(C(C)C)cc2)C1=O. The molecule has 0 radical (unpaired) electrons. The molecule has 1 aliphatic heterocycles. The molecular formula is C19H26N6O2. The molecule has 0 spiro atoms. The minimum Gasteiger partial charge on any atom is -0.319 e. The Labute approximate surface area is 158 Å². The molecule has 144 valence electrons. The number of hydrogen-bond donors (Lipinski definition) is 1. The highest BCUT2D eigenvalue weighted by molar-refractivity contribution is 6.07. The monoisotopic (exact) mass is 370 g/mol. The van der Waals surface area contributed by atoms with Crippen LogP contribution in [0.5, 0.6) is 0 Å². The Morgan fingerprint density at radius 2 is 1.89 bits per heavy atom. The van der Waals surface area contributed by atoms with Crippen LogP contribution in [0.2, 0.25) is 0 Å². The Morgan fingerprint density at radius 3 is 2.52 bits per heavy atom. The highest BCUT2D eigenvalue weighted by Gasteiger charge is 2.49. The number of aromatic nitrogens is 4. The maximum absolute atomic E-state index is 13.1. The molecule has 8 nitrogen and oxygen atoms in total. The van der Waals surface area contributed by atoms with Gasteiger partial charge in [0.05, 0.1) is 6.54 Å². The zero-order valence-electron chi connectivity index (χ0n) is 16.3. The molecule has 2 aromatic rings. The first kappa shape index (κ1) is 19.0. The molecule has 1 unspecified atom stereocenters. The number of carbonyl (C=O) groups is 2. The average molecular weight is 370 g/mol. The molecule has 2 heterocycles. The van der Waals surface area contributed by atoms with Gasteiger partial charge in [-0.1, -0.05) is 51.5 Å². The number of nitrogens with zero attached hydrogens (tertiary/aromatic N) is 5. The van der Waals surface area contributed by atoms with E-state index in [1.54, 1.807) is 11.6 Å². The fourth-order valence-corrected chi connectivity index (χ4v) is 3.20. The van der Waals surface area contributed by atoms with E-state index in [2.05, 4.69) is 41.6 Å². The van der Waals surface area contributed by atoms with Crippen molar-refractivity contribution in [3.63, 3.8) is 0 Å². The third-order valence-corrected chi connectivity index (χ3v) is 5.06. The number of aryl methyl sites for hydroxylation is 1. The first-order valence-corrected chi connectivity index (χ1v) is 9.36. The van der Waals surface area contributed by atoms with E-state index in [4.69, 9.17) is 0 Å². The quantitative estimate of drug-likeness (QED) is 0.756. The molecule has 1 atom stereocenters. The molecule has 1 aromatic heterocycles. The third kappa shape index (κ3) is 3.56. The zero-order chi connectivity index (χ0) is 19.6. The number of hydrogen-bond acceptors (Lipinski definition) is 5. The van der Waals surface area contributed by atoms with E-state index in [0.717, 1.165) is 18.4 Å². The molecule has 1 saturated heterocycles. The Hall–Kier alpha value is -2.77. The van der Waals surface area contributed by atoms with Crippen molar-refractivity contribution in [1.29, 1.82) is 0 Å². The van der Waals surface area contributed by atoms with E-state index in [-0.39, 0.29) is 12.5 Å². The minimum atomic E-state index is -1.09. The maximum Gasteiger partial charge on any atom is 0.325 e. The lowest BCUT2D eigenvalue weighted by molar-refractivity contribution is -0.131. The van der Waals surface area contributed by atoms with Gasteiger partial charge in [-0.2, -0.15) is 0 Å². The van der Waals surface area contributed by atoms with Gasteiger partial charge in [-0.25, -0.2) is 9.48 Å². The van der Waals surface area contributed by atoms with E-state index >= 15 is 0 Å². The van der Waals surface area contributed by atoms with Crippen LogP contribution in [0.3, 0.4) is 0 Å². The molecule has 8 heteroatoms. The van der Waals surface area contributed by atoms with Crippen molar-refractivity contribution in [2.75, 3.05) is 0 Å². The van der Waals surface area contributed by atoms with Gasteiger partial charge in [-0.3, -0.25) is 9.69 Å². The number of rotatable bonds is 7. The lowest BCUT2D eigenvalue weighted by Gasteiger charge is -2.22. The number of unbranched alkanes of at least 4 members (excludes halogenated alkanes) is 1. The van der Waals surface area contributed by atoms with Gasteiger partial charge in [0.15, 0.2) is 5.82 Å². The van der Waals surface area contributed by atoms with E-state index in [0.29, 0.717) is 18.3 Å². The fourth-order valence-electron chi connectivity index (χ4n) is 3.20. The topological polar surface area (TPSA) is 93.0 Å². The second kappa shape index (κ2) is 7.46. The summed E-state index contributed by atoms with van der Waals surface area (Å²) in [4.78, 5) is 26.8. The van der Waals surface area contributed by atoms with Gasteiger partial charge in [-0.05, 0) is 40.8 Å². The van der Waals surface area contributed by atoms with Crippen LogP contribution in [-0.4, -0.2) is 37.0 Å². The molecule has 0 aliphatic carbocycles. The van der Waals surface area contributed by atoms with Gasteiger partial charge in [0.1, 0.15) is 5.54 Å². The van der Waals surface area contributed by atoms with E-state index in [1.165, 1.54) is 10.5 Å². The minimum absolute atomic E-state index is 0.0566. The molecular weight excluding hydrogens is 344 g/mol. The summed E-state index contributed by atoms with van der Waals surface area (Å²) in [5, 5.41) is 14.4. The van der Waals surface area contributed by atoms with Crippen molar-refractivity contribution in [3.8, 4) is 0 Å². The lowest BCUT2D eigenvalue weighted by atomic mass is 9.90. The predicted octanol–water partition coefficient (Wildman–Crippen LogP) is 2.56. The molecule has 0 saturated carbocycles. The zero-order valence-corrected chi connectivity index (χ0v) is 16.3. The fraction of sp³-hybridized carbons (Fsp3) is 0.526. The lowest BCUT2D eigenvalue weighted by Crippen LogP contribution is -2.40. The molecule has 27 heavy (non-hydrogen) atoms. The smallest absolute Gasteiger partial charge is 0.319 e. The van der Waals surface area contributed by atoms with Gasteiger partial charge in [0.2, 0.25) is 0 Å². The van der Waals surface area contributed by atoms with E-state index < -0.39 is 11.6 Å². The summed E-state index contributed by atoms with van der Waals surface area (Å²) in [6.07, 6.45) is 1.94. The van der Waals surface area contributed by atoms with E-state index in [1.807, 2.05) is 24.3 Å². The van der Waals surface area contributed by atoms with Crippen LogP contribution in [0.4, 0.5) is 4.79 Å². The van der Waals surface area contributed by atoms with Crippen LogP contribution in [0.1, 0.15) is 63.4 Å². The maximum atomic E-state index is 13.1. The summed E-state index contributed by atoms with van der Waals surface area (Å²) in [5.74, 6) is 0.611. The van der Waals surface area contributed by atoms with Crippen molar-refractivity contribution in [1.82, 2.24) is 30.4 Å². The predicted molar refractivity (Wildman–Crippen MR) is 99.7 cm³/mol. The Morgan fingerprint density at radius 1 is 1.19 bits per heavy atom. The van der Waals surface area contributed by atoms with E-state index in [9.17, 15) is 9.59 Å². The summed E-state index contributed by atoms with van der Waals surface area (Å²) in [6, 6.07) is 7.38. The Bertz CT molecular complexity index is 829. The van der Waals surface area contributed by atoms with Crippen LogP contribution < -0.4 is 5.32 Å². The van der Waals surface area contributed by atoms with Crippen molar-refractivity contribution in [2.45, 2.75) is 65.1 Å². The van der Waals surface area contributed by atoms with Crippen LogP contribution in [0.25, 0.3) is 0 Å². The van der Waals surface area contributed by atoms with Gasteiger partial charge in [-0.15, -0.1) is 5.10 Å². The highest BCUT2D eigenvalue weighted by Crippen LogP contribution is 2.30. The highest BCUT2D eigenvalue weighted by atomic mass is 16.2. The van der Waals surface area contributed by atoms with Crippen LogP contribution in [0.15, 0.2) is 24.3 Å². The molecule has 1 fully saturated rings. The van der Waals surface area contributed by atoms with Crippen LogP contribution in [-0.2, 0) is 23.4 Å². The Kier molecular flexibility index (Phi) is 5.25. The van der Waals surface area contributed by atoms with Crippen molar-refractivity contribution >= 4 is 11.9 Å². The number of amides is 3. The second-order valence-electron chi connectivity index (χ2n) is 7.39. The largest absolute Gasteiger partial charge is 0.325 e. The first-order chi connectivity index (χ1) is 12.9. The Balaban J connectivity index is 1.81. The average Bonchev–Trinajstić information content (AvgIpc) is 3.18. The summed E-state index contributed by atoms with van der Waals surface area (Å²) < 4.78 is 1.65. The van der Waals surface area contributed by atoms with Crippen molar-refractivity contribution in [3.05, 3.63) is 41.2 Å². The van der Waals surface area contributed by atoms with Gasteiger partial charge < -0.3 is 5.32 Å². The summed E-state index contributed by atoms with van der Waals surface area (Å²) in [5.41, 5.74) is 0.860.